The highest BCUT2D eigenvalue weighted by Crippen LogP contribution is 2.20. The van der Waals surface area contributed by atoms with Gasteiger partial charge in [0.15, 0.2) is 20.4 Å². The molecular formula is C16H22N4O2S2. The molecule has 0 aliphatic carbocycles. The summed E-state index contributed by atoms with van der Waals surface area (Å²) in [5.74, 6) is 1.30. The average Bonchev–Trinajstić information content (AvgIpc) is 3.03. The average molecular weight is 367 g/mol. The molecule has 24 heavy (non-hydrogen) atoms. The fraction of sp³-hybridized carbons (Fsp3) is 0.500. The molecule has 0 N–H and O–H groups in total. The molecular weight excluding hydrogens is 344 g/mol. The highest BCUT2D eigenvalue weighted by Gasteiger charge is 2.30. The second kappa shape index (κ2) is 6.42. The van der Waals surface area contributed by atoms with Gasteiger partial charge in [-0.2, -0.15) is 5.10 Å². The first-order valence-electron chi connectivity index (χ1n) is 7.88. The molecule has 1 aromatic carbocycles. The standard InChI is InChI=1S/C16H22N4O2S2/c1-12-4-6-13(7-5-12)15-17-20(16(23)19(15)3)11-18(2)14-8-9-24(21,22)10-14/h4-7,14H,8-11H2,1-3H3. The minimum absolute atomic E-state index is 0.0294. The maximum absolute atomic E-state index is 11.7. The molecule has 2 heterocycles. The molecule has 0 bridgehead atoms. The molecule has 0 amide bonds. The van der Waals surface area contributed by atoms with E-state index in [0.717, 1.165) is 11.4 Å². The second-order valence-electron chi connectivity index (χ2n) is 6.49. The Balaban J connectivity index is 1.83. The lowest BCUT2D eigenvalue weighted by Gasteiger charge is -2.22. The number of benzene rings is 1. The summed E-state index contributed by atoms with van der Waals surface area (Å²) in [5.41, 5.74) is 2.21. The lowest BCUT2D eigenvalue weighted by atomic mass is 10.1. The number of hydrogen-bond acceptors (Lipinski definition) is 5. The highest BCUT2D eigenvalue weighted by molar-refractivity contribution is 7.91. The summed E-state index contributed by atoms with van der Waals surface area (Å²) in [6, 6.07) is 8.19. The minimum Gasteiger partial charge on any atom is -0.303 e. The van der Waals surface area contributed by atoms with E-state index in [1.807, 2.05) is 54.8 Å². The van der Waals surface area contributed by atoms with Crippen LogP contribution < -0.4 is 0 Å². The molecule has 0 spiro atoms. The van der Waals surface area contributed by atoms with Gasteiger partial charge in [0.2, 0.25) is 0 Å². The van der Waals surface area contributed by atoms with Crippen molar-refractivity contribution < 1.29 is 8.42 Å². The summed E-state index contributed by atoms with van der Waals surface area (Å²) >= 11 is 5.50. The Morgan fingerprint density at radius 1 is 1.33 bits per heavy atom. The summed E-state index contributed by atoms with van der Waals surface area (Å²) in [5, 5.41) is 4.64. The number of hydrogen-bond donors (Lipinski definition) is 0. The van der Waals surface area contributed by atoms with E-state index in [2.05, 4.69) is 5.10 Å². The Hall–Kier alpha value is -1.51. The zero-order valence-electron chi connectivity index (χ0n) is 14.1. The second-order valence-corrected chi connectivity index (χ2v) is 9.08. The van der Waals surface area contributed by atoms with Crippen molar-refractivity contribution in [1.82, 2.24) is 19.2 Å². The first-order valence-corrected chi connectivity index (χ1v) is 10.1. The van der Waals surface area contributed by atoms with E-state index >= 15 is 0 Å². The van der Waals surface area contributed by atoms with Crippen molar-refractivity contribution in [3.63, 3.8) is 0 Å². The zero-order chi connectivity index (χ0) is 17.5. The smallest absolute Gasteiger partial charge is 0.199 e. The van der Waals surface area contributed by atoms with E-state index in [-0.39, 0.29) is 17.5 Å². The van der Waals surface area contributed by atoms with E-state index in [4.69, 9.17) is 12.2 Å². The summed E-state index contributed by atoms with van der Waals surface area (Å²) in [4.78, 5) is 2.02. The first-order chi connectivity index (χ1) is 11.3. The van der Waals surface area contributed by atoms with Crippen molar-refractivity contribution in [3.05, 3.63) is 34.6 Å². The van der Waals surface area contributed by atoms with Crippen molar-refractivity contribution in [2.45, 2.75) is 26.1 Å². The summed E-state index contributed by atoms with van der Waals surface area (Å²) in [6.07, 6.45) is 0.670. The van der Waals surface area contributed by atoms with Gasteiger partial charge in [-0.15, -0.1) is 0 Å². The molecule has 1 aliphatic rings. The van der Waals surface area contributed by atoms with Crippen LogP contribution in [0.1, 0.15) is 12.0 Å². The number of aromatic nitrogens is 3. The molecule has 1 unspecified atom stereocenters. The van der Waals surface area contributed by atoms with Gasteiger partial charge >= 0.3 is 0 Å². The lowest BCUT2D eigenvalue weighted by molar-refractivity contribution is 0.196. The van der Waals surface area contributed by atoms with E-state index in [1.54, 1.807) is 4.68 Å². The van der Waals surface area contributed by atoms with Crippen LogP contribution in [0.5, 0.6) is 0 Å². The van der Waals surface area contributed by atoms with Crippen LogP contribution in [0.15, 0.2) is 24.3 Å². The maximum atomic E-state index is 11.7. The predicted molar refractivity (Wildman–Crippen MR) is 97.0 cm³/mol. The topological polar surface area (TPSA) is 60.1 Å². The fourth-order valence-corrected chi connectivity index (χ4v) is 4.97. The third-order valence-electron chi connectivity index (χ3n) is 4.54. The Morgan fingerprint density at radius 2 is 2.00 bits per heavy atom. The van der Waals surface area contributed by atoms with Crippen LogP contribution in [0, 0.1) is 11.7 Å². The fourth-order valence-electron chi connectivity index (χ4n) is 2.98. The molecule has 2 aromatic rings. The van der Waals surface area contributed by atoms with Gasteiger partial charge in [0.25, 0.3) is 0 Å². The number of nitrogens with zero attached hydrogens (tertiary/aromatic N) is 4. The normalized spacial score (nSPS) is 19.9. The first kappa shape index (κ1) is 17.3. The van der Waals surface area contributed by atoms with Crippen molar-refractivity contribution in [3.8, 4) is 11.4 Å². The molecule has 0 saturated carbocycles. The van der Waals surface area contributed by atoms with E-state index in [0.29, 0.717) is 17.9 Å². The molecule has 6 nitrogen and oxygen atoms in total. The van der Waals surface area contributed by atoms with Crippen molar-refractivity contribution in [1.29, 1.82) is 0 Å². The van der Waals surface area contributed by atoms with Gasteiger partial charge in [0.05, 0.1) is 18.2 Å². The van der Waals surface area contributed by atoms with Gasteiger partial charge < -0.3 is 4.57 Å². The number of rotatable bonds is 4. The molecule has 1 saturated heterocycles. The molecule has 1 aliphatic heterocycles. The van der Waals surface area contributed by atoms with Crippen LogP contribution in [0.3, 0.4) is 0 Å². The Labute approximate surface area is 147 Å². The third-order valence-corrected chi connectivity index (χ3v) is 6.77. The highest BCUT2D eigenvalue weighted by atomic mass is 32.2. The molecule has 1 atom stereocenters. The van der Waals surface area contributed by atoms with Gasteiger partial charge in [-0.25, -0.2) is 13.1 Å². The van der Waals surface area contributed by atoms with Gasteiger partial charge in [-0.3, -0.25) is 4.90 Å². The van der Waals surface area contributed by atoms with Gasteiger partial charge in [0, 0.05) is 18.7 Å². The third kappa shape index (κ3) is 3.45. The predicted octanol–water partition coefficient (Wildman–Crippen LogP) is 2.00. The Bertz CT molecular complexity index is 897. The zero-order valence-corrected chi connectivity index (χ0v) is 15.8. The van der Waals surface area contributed by atoms with Crippen LogP contribution >= 0.6 is 12.2 Å². The molecule has 130 valence electrons. The van der Waals surface area contributed by atoms with Gasteiger partial charge in [-0.1, -0.05) is 29.8 Å². The number of sulfone groups is 1. The summed E-state index contributed by atoms with van der Waals surface area (Å²) in [7, 11) is 0.932. The van der Waals surface area contributed by atoms with Gasteiger partial charge in [0.1, 0.15) is 0 Å². The van der Waals surface area contributed by atoms with Crippen molar-refractivity contribution >= 4 is 22.1 Å². The molecule has 8 heteroatoms. The molecule has 1 aromatic heterocycles. The summed E-state index contributed by atoms with van der Waals surface area (Å²) < 4.78 is 27.6. The minimum atomic E-state index is -2.90. The SMILES string of the molecule is Cc1ccc(-c2nn(CN(C)C3CCS(=O)(=O)C3)c(=S)n2C)cc1. The van der Waals surface area contributed by atoms with E-state index < -0.39 is 9.84 Å². The summed E-state index contributed by atoms with van der Waals surface area (Å²) in [6.45, 7) is 2.53. The van der Waals surface area contributed by atoms with Crippen LogP contribution in [0.2, 0.25) is 0 Å². The van der Waals surface area contributed by atoms with Crippen LogP contribution in [-0.2, 0) is 23.6 Å². The van der Waals surface area contributed by atoms with E-state index in [9.17, 15) is 8.42 Å². The maximum Gasteiger partial charge on any atom is 0.199 e. The van der Waals surface area contributed by atoms with Gasteiger partial charge in [-0.05, 0) is 32.6 Å². The molecule has 3 rings (SSSR count). The quantitative estimate of drug-likeness (QED) is 0.775. The Kier molecular flexibility index (Phi) is 4.63. The monoisotopic (exact) mass is 366 g/mol. The van der Waals surface area contributed by atoms with Crippen LogP contribution in [0.4, 0.5) is 0 Å². The van der Waals surface area contributed by atoms with Crippen LogP contribution in [-0.4, -0.2) is 52.3 Å². The Morgan fingerprint density at radius 3 is 2.58 bits per heavy atom. The van der Waals surface area contributed by atoms with Crippen molar-refractivity contribution in [2.24, 2.45) is 7.05 Å². The van der Waals surface area contributed by atoms with Crippen LogP contribution in [0.25, 0.3) is 11.4 Å². The number of aryl methyl sites for hydroxylation is 1. The van der Waals surface area contributed by atoms with E-state index in [1.165, 1.54) is 5.56 Å². The van der Waals surface area contributed by atoms with Crippen molar-refractivity contribution in [2.75, 3.05) is 18.6 Å². The largest absolute Gasteiger partial charge is 0.303 e. The molecule has 1 fully saturated rings. The lowest BCUT2D eigenvalue weighted by Crippen LogP contribution is -2.34. The molecule has 0 radical (unpaired) electrons.